The molecule has 0 unspecified atom stereocenters. The van der Waals surface area contributed by atoms with Gasteiger partial charge in [-0.25, -0.2) is 13.2 Å². The number of nitrogens with one attached hydrogen (secondary N) is 1. The van der Waals surface area contributed by atoms with Crippen LogP contribution in [0.15, 0.2) is 53.4 Å². The predicted octanol–water partition coefficient (Wildman–Crippen LogP) is 3.45. The van der Waals surface area contributed by atoms with Gasteiger partial charge >= 0.3 is 5.97 Å². The van der Waals surface area contributed by atoms with Crippen LogP contribution in [0, 0.1) is 0 Å². The van der Waals surface area contributed by atoms with Crippen LogP contribution >= 0.6 is 0 Å². The molecule has 0 atom stereocenters. The minimum Gasteiger partial charge on any atom is -0.493 e. The third kappa shape index (κ3) is 6.20. The van der Waals surface area contributed by atoms with E-state index < -0.39 is 34.2 Å². The summed E-state index contributed by atoms with van der Waals surface area (Å²) in [7, 11) is -2.82. The van der Waals surface area contributed by atoms with E-state index in [-0.39, 0.29) is 34.3 Å². The molecule has 0 bridgehead atoms. The molecule has 0 saturated heterocycles. The first-order valence-corrected chi connectivity index (χ1v) is 12.3. The van der Waals surface area contributed by atoms with E-state index in [4.69, 9.17) is 14.2 Å². The Morgan fingerprint density at radius 1 is 1.03 bits per heavy atom. The number of para-hydroxylation sites is 2. The van der Waals surface area contributed by atoms with Crippen molar-refractivity contribution in [2.75, 3.05) is 25.0 Å². The molecule has 1 aromatic heterocycles. The molecule has 3 aromatic rings. The van der Waals surface area contributed by atoms with Crippen LogP contribution in [0.5, 0.6) is 23.1 Å². The number of hydrogen-bond donors (Lipinski definition) is 3. The Morgan fingerprint density at radius 3 is 2.22 bits per heavy atom. The zero-order valence-corrected chi connectivity index (χ0v) is 21.0. The summed E-state index contributed by atoms with van der Waals surface area (Å²) in [6.45, 7) is 5.32. The molecule has 192 valence electrons. The van der Waals surface area contributed by atoms with Crippen molar-refractivity contribution in [3.8, 4) is 23.1 Å². The predicted molar refractivity (Wildman–Crippen MR) is 131 cm³/mol. The second-order valence-electron chi connectivity index (χ2n) is 8.54. The Labute approximate surface area is 208 Å². The number of methoxy groups -OCH3 is 1. The maximum Gasteiger partial charge on any atom is 0.374 e. The molecule has 0 spiro atoms. The number of aliphatic hydroxyl groups excluding tert-OH is 1. The van der Waals surface area contributed by atoms with E-state index in [9.17, 15) is 23.4 Å². The maximum atomic E-state index is 13.2. The summed E-state index contributed by atoms with van der Waals surface area (Å²) in [4.78, 5) is 19.2. The fourth-order valence-corrected chi connectivity index (χ4v) is 4.07. The first kappa shape index (κ1) is 26.7. The van der Waals surface area contributed by atoms with Gasteiger partial charge < -0.3 is 24.4 Å². The van der Waals surface area contributed by atoms with Crippen molar-refractivity contribution in [3.05, 3.63) is 59.9 Å². The van der Waals surface area contributed by atoms with Crippen LogP contribution in [-0.4, -0.2) is 54.9 Å². The van der Waals surface area contributed by atoms with Gasteiger partial charge in [0, 0.05) is 0 Å². The Morgan fingerprint density at radius 2 is 1.67 bits per heavy atom. The van der Waals surface area contributed by atoms with E-state index in [0.717, 1.165) is 5.56 Å². The van der Waals surface area contributed by atoms with Crippen LogP contribution in [0.1, 0.15) is 37.0 Å². The van der Waals surface area contributed by atoms with Crippen LogP contribution in [0.3, 0.4) is 0 Å². The molecule has 12 heteroatoms. The number of carbonyl (C=O) groups is 1. The zero-order valence-electron chi connectivity index (χ0n) is 20.2. The zero-order chi connectivity index (χ0) is 26.5. The number of sulfonamides is 1. The average molecular weight is 518 g/mol. The summed E-state index contributed by atoms with van der Waals surface area (Å²) in [5.41, 5.74) is 0.740. The number of aliphatic hydroxyl groups is 1. The minimum atomic E-state index is -4.24. The van der Waals surface area contributed by atoms with Gasteiger partial charge in [-0.3, -0.25) is 4.72 Å². The molecule has 3 N–H and O–H groups in total. The molecule has 0 fully saturated rings. The Hall–Kier alpha value is -3.90. The van der Waals surface area contributed by atoms with Crippen LogP contribution in [0.2, 0.25) is 0 Å². The molecule has 0 amide bonds. The highest BCUT2D eigenvalue weighted by Gasteiger charge is 2.27. The van der Waals surface area contributed by atoms with Crippen molar-refractivity contribution in [2.24, 2.45) is 0 Å². The van der Waals surface area contributed by atoms with Crippen LogP contribution < -0.4 is 18.9 Å². The number of aromatic carboxylic acids is 1. The van der Waals surface area contributed by atoms with E-state index in [2.05, 4.69) is 14.7 Å². The van der Waals surface area contributed by atoms with Gasteiger partial charge in [0.05, 0.1) is 18.6 Å². The first-order valence-electron chi connectivity index (χ1n) is 10.8. The third-order valence-electron chi connectivity index (χ3n) is 4.90. The molecule has 36 heavy (non-hydrogen) atoms. The second kappa shape index (κ2) is 10.8. The molecule has 3 rings (SSSR count). The highest BCUT2D eigenvalue weighted by Crippen LogP contribution is 2.40. The summed E-state index contributed by atoms with van der Waals surface area (Å²) in [6, 6.07) is 12.8. The lowest BCUT2D eigenvalue weighted by Gasteiger charge is -2.19. The first-order chi connectivity index (χ1) is 17.0. The lowest BCUT2D eigenvalue weighted by Crippen LogP contribution is -2.18. The molecule has 0 aliphatic heterocycles. The van der Waals surface area contributed by atoms with Crippen molar-refractivity contribution in [2.45, 2.75) is 31.1 Å². The van der Waals surface area contributed by atoms with Crippen molar-refractivity contribution in [3.63, 3.8) is 0 Å². The monoisotopic (exact) mass is 517 g/mol. The van der Waals surface area contributed by atoms with E-state index >= 15 is 0 Å². The van der Waals surface area contributed by atoms with Crippen LogP contribution in [0.25, 0.3) is 0 Å². The van der Waals surface area contributed by atoms with Crippen molar-refractivity contribution >= 4 is 21.8 Å². The molecule has 0 aliphatic carbocycles. The highest BCUT2D eigenvalue weighted by molar-refractivity contribution is 7.92. The molecule has 2 aromatic carbocycles. The van der Waals surface area contributed by atoms with Crippen molar-refractivity contribution in [1.82, 2.24) is 9.97 Å². The third-order valence-corrected chi connectivity index (χ3v) is 6.25. The van der Waals surface area contributed by atoms with Gasteiger partial charge in [-0.05, 0) is 35.2 Å². The fourth-order valence-electron chi connectivity index (χ4n) is 3.06. The molecular formula is C24H27N3O8S. The molecular weight excluding hydrogens is 490 g/mol. The number of carboxylic acids is 1. The topological polar surface area (TPSA) is 157 Å². The summed E-state index contributed by atoms with van der Waals surface area (Å²) < 4.78 is 45.2. The lowest BCUT2D eigenvalue weighted by molar-refractivity contribution is 0.0681. The van der Waals surface area contributed by atoms with Gasteiger partial charge in [-0.1, -0.05) is 45.0 Å². The normalized spacial score (nSPS) is 11.6. The number of anilines is 1. The second-order valence-corrected chi connectivity index (χ2v) is 10.2. The van der Waals surface area contributed by atoms with Gasteiger partial charge in [-0.2, -0.15) is 9.97 Å². The molecule has 0 radical (unpaired) electrons. The summed E-state index contributed by atoms with van der Waals surface area (Å²) in [5, 5.41) is 18.7. The van der Waals surface area contributed by atoms with Gasteiger partial charge in [0.2, 0.25) is 11.6 Å². The van der Waals surface area contributed by atoms with E-state index in [1.165, 1.54) is 19.2 Å². The summed E-state index contributed by atoms with van der Waals surface area (Å²) >= 11 is 0. The number of benzene rings is 2. The standard InChI is InChI=1S/C24H27N3O8S/c1-24(2,3)15-9-11-16(12-10-15)36(31,32)27-20-19(35-18-8-6-5-7-17(18)33-4)22(34-14-13-28)26-21(25-20)23(29)30/h5-12,28H,13-14H2,1-4H3,(H,29,30)(H,25,26,27). The average Bonchev–Trinajstić information content (AvgIpc) is 2.83. The number of ether oxygens (including phenoxy) is 3. The van der Waals surface area contributed by atoms with Gasteiger partial charge in [0.1, 0.15) is 6.61 Å². The highest BCUT2D eigenvalue weighted by atomic mass is 32.2. The van der Waals surface area contributed by atoms with Crippen LogP contribution in [-0.2, 0) is 15.4 Å². The summed E-state index contributed by atoms with van der Waals surface area (Å²) in [6.07, 6.45) is 0. The number of aromatic nitrogens is 2. The fraction of sp³-hybridized carbons (Fsp3) is 0.292. The quantitative estimate of drug-likeness (QED) is 0.364. The smallest absolute Gasteiger partial charge is 0.374 e. The summed E-state index contributed by atoms with van der Waals surface area (Å²) in [5.74, 6) is -2.97. The number of nitrogens with zero attached hydrogens (tertiary/aromatic N) is 2. The Kier molecular flexibility index (Phi) is 8.00. The Balaban J connectivity index is 2.12. The van der Waals surface area contributed by atoms with Crippen molar-refractivity contribution < 1.29 is 37.6 Å². The Bertz CT molecular complexity index is 1340. The van der Waals surface area contributed by atoms with Gasteiger partial charge in [0.25, 0.3) is 15.9 Å². The molecule has 0 aliphatic rings. The molecule has 11 nitrogen and oxygen atoms in total. The SMILES string of the molecule is COc1ccccc1Oc1c(NS(=O)(=O)c2ccc(C(C)(C)C)cc2)nc(C(=O)O)nc1OCCO. The van der Waals surface area contributed by atoms with E-state index in [1.807, 2.05) is 20.8 Å². The maximum absolute atomic E-state index is 13.2. The molecule has 0 saturated carbocycles. The van der Waals surface area contributed by atoms with Gasteiger partial charge in [-0.15, -0.1) is 0 Å². The van der Waals surface area contributed by atoms with Gasteiger partial charge in [0.15, 0.2) is 17.3 Å². The van der Waals surface area contributed by atoms with E-state index in [1.54, 1.807) is 36.4 Å². The number of carboxylic acid groups (broad SMARTS) is 1. The van der Waals surface area contributed by atoms with E-state index in [0.29, 0.717) is 5.75 Å². The van der Waals surface area contributed by atoms with Crippen molar-refractivity contribution in [1.29, 1.82) is 0 Å². The number of hydrogen-bond acceptors (Lipinski definition) is 9. The lowest BCUT2D eigenvalue weighted by atomic mass is 9.87. The van der Waals surface area contributed by atoms with Crippen LogP contribution in [0.4, 0.5) is 5.82 Å². The number of rotatable bonds is 10. The molecule has 1 heterocycles. The largest absolute Gasteiger partial charge is 0.493 e. The minimum absolute atomic E-state index is 0.0768.